The largest absolute Gasteiger partial charge is 0.505 e. The first-order valence-electron chi connectivity index (χ1n) is 4.98. The van der Waals surface area contributed by atoms with E-state index in [2.05, 4.69) is 0 Å². The first kappa shape index (κ1) is 11.4. The average molecular weight is 236 g/mol. The fourth-order valence-corrected chi connectivity index (χ4v) is 1.45. The lowest BCUT2D eigenvalue weighted by atomic mass is 10.2. The Balaban J connectivity index is 2.28. The molecule has 0 bridgehead atoms. The molecule has 88 valence electrons. The number of phenols is 1. The number of ether oxygens (including phenoxy) is 1. The molecule has 0 unspecified atom stereocenters. The number of benzene rings is 2. The highest BCUT2D eigenvalue weighted by atomic mass is 19.1. The van der Waals surface area contributed by atoms with Crippen LogP contribution in [0.15, 0.2) is 36.4 Å². The van der Waals surface area contributed by atoms with Gasteiger partial charge in [0.2, 0.25) is 0 Å². The molecule has 0 aromatic heterocycles. The Kier molecular flexibility index (Phi) is 2.95. The zero-order valence-electron chi connectivity index (χ0n) is 9.08. The smallest absolute Gasteiger partial charge is 0.165 e. The maximum Gasteiger partial charge on any atom is 0.165 e. The molecule has 4 heteroatoms. The van der Waals surface area contributed by atoms with Crippen molar-refractivity contribution in [3.8, 4) is 17.2 Å². The minimum Gasteiger partial charge on any atom is -0.505 e. The quantitative estimate of drug-likeness (QED) is 0.859. The summed E-state index contributed by atoms with van der Waals surface area (Å²) in [5, 5.41) is 9.16. The van der Waals surface area contributed by atoms with Gasteiger partial charge in [-0.3, -0.25) is 0 Å². The van der Waals surface area contributed by atoms with Crippen LogP contribution in [0.3, 0.4) is 0 Å². The molecule has 0 fully saturated rings. The molecule has 0 atom stereocenters. The predicted molar refractivity (Wildman–Crippen MR) is 59.3 cm³/mol. The van der Waals surface area contributed by atoms with Gasteiger partial charge in [-0.15, -0.1) is 0 Å². The summed E-state index contributed by atoms with van der Waals surface area (Å²) in [7, 11) is 0. The van der Waals surface area contributed by atoms with E-state index in [1.165, 1.54) is 18.2 Å². The van der Waals surface area contributed by atoms with Crippen LogP contribution >= 0.6 is 0 Å². The van der Waals surface area contributed by atoms with Crippen molar-refractivity contribution < 1.29 is 18.6 Å². The van der Waals surface area contributed by atoms with Crippen LogP contribution in [-0.4, -0.2) is 5.11 Å². The third-order valence-electron chi connectivity index (χ3n) is 2.17. The first-order chi connectivity index (χ1) is 8.04. The van der Waals surface area contributed by atoms with Crippen LogP contribution < -0.4 is 4.74 Å². The molecule has 0 heterocycles. The van der Waals surface area contributed by atoms with E-state index in [1.54, 1.807) is 13.0 Å². The second-order valence-electron chi connectivity index (χ2n) is 3.68. The molecule has 2 nitrogen and oxygen atoms in total. The van der Waals surface area contributed by atoms with Gasteiger partial charge >= 0.3 is 0 Å². The third kappa shape index (κ3) is 2.72. The lowest BCUT2D eigenvalue weighted by molar-refractivity contribution is 0.421. The molecule has 17 heavy (non-hydrogen) atoms. The summed E-state index contributed by atoms with van der Waals surface area (Å²) in [5.41, 5.74) is 0.714. The van der Waals surface area contributed by atoms with E-state index in [4.69, 9.17) is 9.84 Å². The number of hydrogen-bond acceptors (Lipinski definition) is 2. The van der Waals surface area contributed by atoms with Crippen molar-refractivity contribution in [2.45, 2.75) is 6.92 Å². The number of phenolic OH excluding ortho intramolecular Hbond substituents is 1. The number of aryl methyl sites for hydroxylation is 1. The molecule has 0 aliphatic heterocycles. The second-order valence-corrected chi connectivity index (χ2v) is 3.68. The molecule has 0 spiro atoms. The van der Waals surface area contributed by atoms with Gasteiger partial charge in [-0.2, -0.15) is 0 Å². The number of aromatic hydroxyl groups is 1. The highest BCUT2D eigenvalue weighted by Crippen LogP contribution is 2.27. The fourth-order valence-electron chi connectivity index (χ4n) is 1.45. The van der Waals surface area contributed by atoms with E-state index in [-0.39, 0.29) is 5.75 Å². The fraction of sp³-hybridized carbons (Fsp3) is 0.0769. The average Bonchev–Trinajstić information content (AvgIpc) is 2.22. The number of rotatable bonds is 2. The zero-order chi connectivity index (χ0) is 12.4. The molecule has 0 aliphatic carbocycles. The Morgan fingerprint density at radius 2 is 1.76 bits per heavy atom. The van der Waals surface area contributed by atoms with Gasteiger partial charge in [0, 0.05) is 12.1 Å². The van der Waals surface area contributed by atoms with E-state index < -0.39 is 17.4 Å². The van der Waals surface area contributed by atoms with Gasteiger partial charge < -0.3 is 9.84 Å². The van der Waals surface area contributed by atoms with Gasteiger partial charge in [-0.05, 0) is 36.8 Å². The van der Waals surface area contributed by atoms with Crippen molar-refractivity contribution in [1.29, 1.82) is 0 Å². The van der Waals surface area contributed by atoms with Gasteiger partial charge in [0.15, 0.2) is 11.6 Å². The highest BCUT2D eigenvalue weighted by Gasteiger charge is 2.05. The van der Waals surface area contributed by atoms with Crippen molar-refractivity contribution in [2.75, 3.05) is 0 Å². The molecular formula is C13H10F2O2. The molecular weight excluding hydrogens is 226 g/mol. The van der Waals surface area contributed by atoms with Gasteiger partial charge in [0.1, 0.15) is 17.3 Å². The van der Waals surface area contributed by atoms with E-state index in [1.807, 2.05) is 0 Å². The Labute approximate surface area is 97.1 Å². The third-order valence-corrected chi connectivity index (χ3v) is 2.17. The topological polar surface area (TPSA) is 29.5 Å². The summed E-state index contributed by atoms with van der Waals surface area (Å²) in [4.78, 5) is 0. The molecule has 2 aromatic carbocycles. The normalized spacial score (nSPS) is 10.3. The minimum atomic E-state index is -0.729. The number of hydrogen-bond donors (Lipinski definition) is 1. The summed E-state index contributed by atoms with van der Waals surface area (Å²) >= 11 is 0. The molecule has 0 radical (unpaired) electrons. The van der Waals surface area contributed by atoms with E-state index in [0.29, 0.717) is 11.3 Å². The molecule has 1 N–H and O–H groups in total. The second kappa shape index (κ2) is 4.41. The van der Waals surface area contributed by atoms with Crippen LogP contribution in [0.5, 0.6) is 17.2 Å². The van der Waals surface area contributed by atoms with Crippen LogP contribution in [0, 0.1) is 18.6 Å². The highest BCUT2D eigenvalue weighted by molar-refractivity contribution is 5.38. The monoisotopic (exact) mass is 236 g/mol. The zero-order valence-corrected chi connectivity index (χ0v) is 9.08. The van der Waals surface area contributed by atoms with Crippen molar-refractivity contribution in [1.82, 2.24) is 0 Å². The van der Waals surface area contributed by atoms with Crippen molar-refractivity contribution >= 4 is 0 Å². The Morgan fingerprint density at radius 1 is 1.00 bits per heavy atom. The van der Waals surface area contributed by atoms with E-state index in [0.717, 1.165) is 12.1 Å². The Morgan fingerprint density at radius 3 is 2.41 bits per heavy atom. The van der Waals surface area contributed by atoms with Crippen molar-refractivity contribution in [2.24, 2.45) is 0 Å². The SMILES string of the molecule is Cc1cc(F)cc(Oc2ccc(F)c(O)c2)c1. The lowest BCUT2D eigenvalue weighted by Crippen LogP contribution is -1.87. The molecule has 0 aliphatic rings. The maximum absolute atomic E-state index is 13.1. The molecule has 0 saturated heterocycles. The van der Waals surface area contributed by atoms with Crippen molar-refractivity contribution in [3.05, 3.63) is 53.6 Å². The van der Waals surface area contributed by atoms with Crippen LogP contribution in [0.4, 0.5) is 8.78 Å². The van der Waals surface area contributed by atoms with Crippen LogP contribution in [0.25, 0.3) is 0 Å². The summed E-state index contributed by atoms with van der Waals surface area (Å²) in [6.07, 6.45) is 0. The van der Waals surface area contributed by atoms with Gasteiger partial charge in [-0.1, -0.05) is 0 Å². The number of halogens is 2. The van der Waals surface area contributed by atoms with Gasteiger partial charge in [-0.25, -0.2) is 8.78 Å². The lowest BCUT2D eigenvalue weighted by Gasteiger charge is -2.07. The van der Waals surface area contributed by atoms with Gasteiger partial charge in [0.25, 0.3) is 0 Å². The van der Waals surface area contributed by atoms with Crippen LogP contribution in [0.2, 0.25) is 0 Å². The Hall–Kier alpha value is -2.10. The van der Waals surface area contributed by atoms with Crippen molar-refractivity contribution in [3.63, 3.8) is 0 Å². The van der Waals surface area contributed by atoms with Crippen LogP contribution in [-0.2, 0) is 0 Å². The predicted octanol–water partition coefficient (Wildman–Crippen LogP) is 3.77. The van der Waals surface area contributed by atoms with Gasteiger partial charge in [0.05, 0.1) is 0 Å². The first-order valence-corrected chi connectivity index (χ1v) is 4.98. The van der Waals surface area contributed by atoms with Crippen LogP contribution in [0.1, 0.15) is 5.56 Å². The molecule has 2 rings (SSSR count). The molecule has 0 saturated carbocycles. The standard InChI is InChI=1S/C13H10F2O2/c1-8-4-9(14)6-11(5-8)17-10-2-3-12(15)13(16)7-10/h2-7,16H,1H3. The maximum atomic E-state index is 13.1. The summed E-state index contributed by atoms with van der Waals surface area (Å²) < 4.78 is 31.2. The van der Waals surface area contributed by atoms with E-state index in [9.17, 15) is 8.78 Å². The minimum absolute atomic E-state index is 0.244. The molecule has 0 amide bonds. The summed E-state index contributed by atoms with van der Waals surface area (Å²) in [6, 6.07) is 7.80. The summed E-state index contributed by atoms with van der Waals surface area (Å²) in [5.74, 6) is -1.10. The summed E-state index contributed by atoms with van der Waals surface area (Å²) in [6.45, 7) is 1.73. The Bertz CT molecular complexity index is 533. The molecule has 2 aromatic rings. The van der Waals surface area contributed by atoms with E-state index >= 15 is 0 Å².